The Bertz CT molecular complexity index is 888. The van der Waals surface area contributed by atoms with E-state index in [9.17, 15) is 4.79 Å². The SMILES string of the molecule is Nc1c(C(=O)Nc2ccc3c(c2)OCO3)oc2cccnc12. The van der Waals surface area contributed by atoms with E-state index in [0.29, 0.717) is 28.3 Å². The van der Waals surface area contributed by atoms with Gasteiger partial charge in [-0.05, 0) is 24.3 Å². The fraction of sp³-hybridized carbons (Fsp3) is 0.0667. The second-order valence-corrected chi connectivity index (χ2v) is 4.72. The van der Waals surface area contributed by atoms with E-state index >= 15 is 0 Å². The van der Waals surface area contributed by atoms with Crippen LogP contribution in [0.15, 0.2) is 40.9 Å². The summed E-state index contributed by atoms with van der Waals surface area (Å²) in [6.45, 7) is 0.176. The van der Waals surface area contributed by atoms with Crippen molar-refractivity contribution in [2.75, 3.05) is 17.8 Å². The van der Waals surface area contributed by atoms with Crippen molar-refractivity contribution in [3.8, 4) is 11.5 Å². The van der Waals surface area contributed by atoms with Crippen molar-refractivity contribution in [1.29, 1.82) is 0 Å². The van der Waals surface area contributed by atoms with Gasteiger partial charge in [-0.25, -0.2) is 0 Å². The molecular weight excluding hydrogens is 286 g/mol. The van der Waals surface area contributed by atoms with Crippen LogP contribution in [0.4, 0.5) is 11.4 Å². The van der Waals surface area contributed by atoms with E-state index in [1.165, 1.54) is 0 Å². The Kier molecular flexibility index (Phi) is 2.65. The number of aromatic nitrogens is 1. The van der Waals surface area contributed by atoms with Crippen LogP contribution in [0.5, 0.6) is 11.5 Å². The van der Waals surface area contributed by atoms with Gasteiger partial charge in [0.2, 0.25) is 12.6 Å². The molecule has 110 valence electrons. The van der Waals surface area contributed by atoms with Gasteiger partial charge in [0.05, 0.1) is 0 Å². The van der Waals surface area contributed by atoms with Crippen LogP contribution in [0.2, 0.25) is 0 Å². The minimum absolute atomic E-state index is 0.0337. The molecule has 7 heteroatoms. The fourth-order valence-corrected chi connectivity index (χ4v) is 2.28. The Morgan fingerprint density at radius 2 is 2.09 bits per heavy atom. The average molecular weight is 297 g/mol. The minimum Gasteiger partial charge on any atom is -0.454 e. The lowest BCUT2D eigenvalue weighted by atomic mass is 10.2. The van der Waals surface area contributed by atoms with Gasteiger partial charge >= 0.3 is 0 Å². The molecule has 0 aliphatic carbocycles. The van der Waals surface area contributed by atoms with Gasteiger partial charge in [0.25, 0.3) is 5.91 Å². The van der Waals surface area contributed by atoms with Crippen molar-refractivity contribution in [2.24, 2.45) is 0 Å². The molecule has 7 nitrogen and oxygen atoms in total. The fourth-order valence-electron chi connectivity index (χ4n) is 2.28. The number of nitrogens with two attached hydrogens (primary N) is 1. The predicted molar refractivity (Wildman–Crippen MR) is 78.9 cm³/mol. The molecule has 22 heavy (non-hydrogen) atoms. The third kappa shape index (κ3) is 1.91. The second-order valence-electron chi connectivity index (χ2n) is 4.72. The number of amides is 1. The van der Waals surface area contributed by atoms with Gasteiger partial charge in [0, 0.05) is 18.0 Å². The van der Waals surface area contributed by atoms with E-state index in [-0.39, 0.29) is 18.2 Å². The molecule has 3 N–H and O–H groups in total. The molecule has 0 unspecified atom stereocenters. The molecule has 3 aromatic rings. The minimum atomic E-state index is -0.450. The van der Waals surface area contributed by atoms with Crippen LogP contribution >= 0.6 is 0 Å². The number of ether oxygens (including phenoxy) is 2. The zero-order chi connectivity index (χ0) is 15.1. The highest BCUT2D eigenvalue weighted by Gasteiger charge is 2.20. The second kappa shape index (κ2) is 4.66. The number of pyridine rings is 1. The van der Waals surface area contributed by atoms with Crippen molar-refractivity contribution in [1.82, 2.24) is 4.98 Å². The first-order chi connectivity index (χ1) is 10.7. The summed E-state index contributed by atoms with van der Waals surface area (Å²) < 4.78 is 16.0. The number of benzene rings is 1. The highest BCUT2D eigenvalue weighted by atomic mass is 16.7. The van der Waals surface area contributed by atoms with E-state index in [1.54, 1.807) is 36.5 Å². The number of anilines is 2. The van der Waals surface area contributed by atoms with Gasteiger partial charge in [0.1, 0.15) is 11.2 Å². The molecule has 0 radical (unpaired) electrons. The predicted octanol–water partition coefficient (Wildman–Crippen LogP) is 2.39. The third-order valence-electron chi connectivity index (χ3n) is 3.32. The number of furan rings is 1. The summed E-state index contributed by atoms with van der Waals surface area (Å²) in [4.78, 5) is 16.4. The van der Waals surface area contributed by atoms with Crippen molar-refractivity contribution in [3.63, 3.8) is 0 Å². The van der Waals surface area contributed by atoms with Gasteiger partial charge in [-0.2, -0.15) is 0 Å². The van der Waals surface area contributed by atoms with Crippen LogP contribution in [0.25, 0.3) is 11.1 Å². The number of nitrogen functional groups attached to an aromatic ring is 1. The lowest BCUT2D eigenvalue weighted by Crippen LogP contribution is -2.12. The van der Waals surface area contributed by atoms with Crippen molar-refractivity contribution >= 4 is 28.4 Å². The summed E-state index contributed by atoms with van der Waals surface area (Å²) in [5, 5.41) is 2.71. The quantitative estimate of drug-likeness (QED) is 0.753. The van der Waals surface area contributed by atoms with Crippen molar-refractivity contribution in [2.45, 2.75) is 0 Å². The summed E-state index contributed by atoms with van der Waals surface area (Å²) >= 11 is 0. The number of carbonyl (C=O) groups excluding carboxylic acids is 1. The molecule has 0 saturated heterocycles. The van der Waals surface area contributed by atoms with Crippen molar-refractivity contribution in [3.05, 3.63) is 42.3 Å². The molecule has 0 atom stereocenters. The summed E-state index contributed by atoms with van der Waals surface area (Å²) in [6, 6.07) is 8.53. The lowest BCUT2D eigenvalue weighted by molar-refractivity contribution is 0.1000. The van der Waals surface area contributed by atoms with Crippen LogP contribution in [0.1, 0.15) is 10.6 Å². The number of carbonyl (C=O) groups is 1. The Hall–Kier alpha value is -3.22. The molecule has 0 fully saturated rings. The number of nitrogens with one attached hydrogen (secondary N) is 1. The molecule has 1 aliphatic rings. The number of hydrogen-bond donors (Lipinski definition) is 2. The zero-order valence-electron chi connectivity index (χ0n) is 11.3. The highest BCUT2D eigenvalue weighted by molar-refractivity contribution is 6.10. The maximum Gasteiger partial charge on any atom is 0.293 e. The molecule has 1 aliphatic heterocycles. The highest BCUT2D eigenvalue weighted by Crippen LogP contribution is 2.34. The standard InChI is InChI=1S/C15H11N3O4/c16-12-13-10(2-1-5-17-13)22-14(12)15(19)18-8-3-4-9-11(6-8)21-7-20-9/h1-6H,7,16H2,(H,18,19). The maximum atomic E-state index is 12.3. The van der Waals surface area contributed by atoms with E-state index in [2.05, 4.69) is 10.3 Å². The average Bonchev–Trinajstić information content (AvgIpc) is 3.12. The molecule has 4 rings (SSSR count). The smallest absolute Gasteiger partial charge is 0.293 e. The van der Waals surface area contributed by atoms with Crippen LogP contribution in [0, 0.1) is 0 Å². The van der Waals surface area contributed by atoms with E-state index < -0.39 is 5.91 Å². The molecule has 1 amide bonds. The van der Waals surface area contributed by atoms with E-state index in [0.717, 1.165) is 0 Å². The molecule has 2 aromatic heterocycles. The Balaban J connectivity index is 1.65. The van der Waals surface area contributed by atoms with Gasteiger partial charge < -0.3 is 24.9 Å². The largest absolute Gasteiger partial charge is 0.454 e. The van der Waals surface area contributed by atoms with Crippen LogP contribution < -0.4 is 20.5 Å². The van der Waals surface area contributed by atoms with Crippen LogP contribution in [-0.4, -0.2) is 17.7 Å². The van der Waals surface area contributed by atoms with Gasteiger partial charge in [-0.1, -0.05) is 0 Å². The van der Waals surface area contributed by atoms with Gasteiger partial charge in [0.15, 0.2) is 17.1 Å². The molecule has 1 aromatic carbocycles. The van der Waals surface area contributed by atoms with Crippen molar-refractivity contribution < 1.29 is 18.7 Å². The van der Waals surface area contributed by atoms with Crippen LogP contribution in [0.3, 0.4) is 0 Å². The Labute approximate surface area is 124 Å². The Morgan fingerprint density at radius 3 is 2.95 bits per heavy atom. The topological polar surface area (TPSA) is 99.6 Å². The molecule has 0 spiro atoms. The first kappa shape index (κ1) is 12.5. The zero-order valence-corrected chi connectivity index (χ0v) is 11.3. The number of nitrogens with zero attached hydrogens (tertiary/aromatic N) is 1. The normalized spacial score (nSPS) is 12.5. The third-order valence-corrected chi connectivity index (χ3v) is 3.32. The molecule has 0 saturated carbocycles. The number of hydrogen-bond acceptors (Lipinski definition) is 6. The number of fused-ring (bicyclic) bond motifs is 2. The van der Waals surface area contributed by atoms with Crippen LogP contribution in [-0.2, 0) is 0 Å². The first-order valence-electron chi connectivity index (χ1n) is 6.56. The molecular formula is C15H11N3O4. The molecule has 3 heterocycles. The first-order valence-corrected chi connectivity index (χ1v) is 6.56. The summed E-state index contributed by atoms with van der Waals surface area (Å²) in [7, 11) is 0. The summed E-state index contributed by atoms with van der Waals surface area (Å²) in [6.07, 6.45) is 1.59. The van der Waals surface area contributed by atoms with Gasteiger partial charge in [-0.3, -0.25) is 9.78 Å². The van der Waals surface area contributed by atoms with Gasteiger partial charge in [-0.15, -0.1) is 0 Å². The monoisotopic (exact) mass is 297 g/mol. The van der Waals surface area contributed by atoms with E-state index in [1.807, 2.05) is 0 Å². The lowest BCUT2D eigenvalue weighted by Gasteiger charge is -2.04. The maximum absolute atomic E-state index is 12.3. The number of rotatable bonds is 2. The summed E-state index contributed by atoms with van der Waals surface area (Å²) in [5.41, 5.74) is 7.63. The summed E-state index contributed by atoms with van der Waals surface area (Å²) in [5.74, 6) is 0.809. The Morgan fingerprint density at radius 1 is 1.23 bits per heavy atom. The van der Waals surface area contributed by atoms with E-state index in [4.69, 9.17) is 19.6 Å². The molecule has 0 bridgehead atoms.